The molecule has 0 aromatic heterocycles. The maximum atomic E-state index is 3.93. The summed E-state index contributed by atoms with van der Waals surface area (Å²) < 4.78 is 0. The molecule has 1 N–H and O–H groups in total. The van der Waals surface area contributed by atoms with Crippen LogP contribution in [-0.2, 0) is 12.8 Å². The monoisotopic (exact) mass is 243 g/mol. The summed E-state index contributed by atoms with van der Waals surface area (Å²) in [6.45, 7) is 2.41. The molecule has 3 rings (SSSR count). The fraction of sp³-hybridized carbons (Fsp3) is 0.647. The number of fused-ring (bicyclic) bond motifs is 1. The fourth-order valence-electron chi connectivity index (χ4n) is 3.66. The molecule has 98 valence electrons. The van der Waals surface area contributed by atoms with E-state index in [9.17, 15) is 0 Å². The Hall–Kier alpha value is -0.820. The fourth-order valence-corrected chi connectivity index (χ4v) is 3.66. The van der Waals surface area contributed by atoms with Gasteiger partial charge in [0.1, 0.15) is 0 Å². The van der Waals surface area contributed by atoms with E-state index in [0.29, 0.717) is 6.04 Å². The summed E-state index contributed by atoms with van der Waals surface area (Å²) in [6.07, 6.45) is 9.51. The average molecular weight is 243 g/mol. The van der Waals surface area contributed by atoms with E-state index in [1.165, 1.54) is 44.9 Å². The van der Waals surface area contributed by atoms with Gasteiger partial charge in [-0.3, -0.25) is 0 Å². The molecule has 0 amide bonds. The first-order valence-electron chi connectivity index (χ1n) is 7.64. The highest BCUT2D eigenvalue weighted by Crippen LogP contribution is 2.26. The molecule has 1 fully saturated rings. The Morgan fingerprint density at radius 1 is 0.889 bits per heavy atom. The molecule has 1 nitrogen and oxygen atoms in total. The van der Waals surface area contributed by atoms with Crippen LogP contribution in [0.25, 0.3) is 0 Å². The smallest absolute Gasteiger partial charge is 0.0151 e. The summed E-state index contributed by atoms with van der Waals surface area (Å²) in [6, 6.07) is 10.4. The van der Waals surface area contributed by atoms with E-state index in [2.05, 4.69) is 36.5 Å². The van der Waals surface area contributed by atoms with Gasteiger partial charge in [0, 0.05) is 12.1 Å². The summed E-state index contributed by atoms with van der Waals surface area (Å²) in [5, 5.41) is 3.93. The van der Waals surface area contributed by atoms with Crippen molar-refractivity contribution in [1.29, 1.82) is 0 Å². The van der Waals surface area contributed by atoms with Crippen molar-refractivity contribution in [3.05, 3.63) is 35.4 Å². The number of hydrogen-bond acceptors (Lipinski definition) is 1. The highest BCUT2D eigenvalue weighted by molar-refractivity contribution is 5.33. The minimum atomic E-state index is 0.695. The summed E-state index contributed by atoms with van der Waals surface area (Å²) in [5.41, 5.74) is 3.13. The molecule has 0 radical (unpaired) electrons. The first kappa shape index (κ1) is 12.2. The molecule has 0 spiro atoms. The van der Waals surface area contributed by atoms with Gasteiger partial charge in [-0.05, 0) is 49.1 Å². The van der Waals surface area contributed by atoms with E-state index < -0.39 is 0 Å². The van der Waals surface area contributed by atoms with Gasteiger partial charge in [0.2, 0.25) is 0 Å². The van der Waals surface area contributed by atoms with Crippen LogP contribution < -0.4 is 5.32 Å². The van der Waals surface area contributed by atoms with Crippen molar-refractivity contribution in [1.82, 2.24) is 5.32 Å². The molecular formula is C17H25N. The Bertz CT molecular complexity index is 373. The zero-order chi connectivity index (χ0) is 12.4. The van der Waals surface area contributed by atoms with Crippen molar-refractivity contribution in [3.8, 4) is 0 Å². The standard InChI is InChI=1S/C17H25N/c1-13-5-4-8-16(10-9-13)18-17-11-14-6-2-3-7-15(14)12-17/h2-3,6-7,13,16-18H,4-5,8-12H2,1H3. The van der Waals surface area contributed by atoms with Gasteiger partial charge in [0.15, 0.2) is 0 Å². The molecule has 2 atom stereocenters. The van der Waals surface area contributed by atoms with E-state index in [1.54, 1.807) is 11.1 Å². The lowest BCUT2D eigenvalue weighted by atomic mass is 10.0. The van der Waals surface area contributed by atoms with Crippen molar-refractivity contribution in [2.45, 2.75) is 64.0 Å². The number of nitrogens with one attached hydrogen (secondary N) is 1. The second-order valence-corrected chi connectivity index (χ2v) is 6.35. The van der Waals surface area contributed by atoms with Crippen LogP contribution in [0.2, 0.25) is 0 Å². The van der Waals surface area contributed by atoms with Gasteiger partial charge in [0.25, 0.3) is 0 Å². The summed E-state index contributed by atoms with van der Waals surface area (Å²) >= 11 is 0. The predicted molar refractivity (Wildman–Crippen MR) is 76.8 cm³/mol. The summed E-state index contributed by atoms with van der Waals surface area (Å²) in [5.74, 6) is 0.942. The van der Waals surface area contributed by atoms with E-state index in [1.807, 2.05) is 0 Å². The van der Waals surface area contributed by atoms with E-state index in [0.717, 1.165) is 12.0 Å². The van der Waals surface area contributed by atoms with Crippen LogP contribution in [0.1, 0.15) is 50.2 Å². The number of rotatable bonds is 2. The van der Waals surface area contributed by atoms with E-state index in [4.69, 9.17) is 0 Å². The number of benzene rings is 1. The molecule has 2 aliphatic rings. The first-order valence-corrected chi connectivity index (χ1v) is 7.64. The zero-order valence-electron chi connectivity index (χ0n) is 11.5. The highest BCUT2D eigenvalue weighted by Gasteiger charge is 2.24. The predicted octanol–water partition coefficient (Wildman–Crippen LogP) is 3.71. The Morgan fingerprint density at radius 3 is 2.33 bits per heavy atom. The second-order valence-electron chi connectivity index (χ2n) is 6.35. The molecule has 1 aromatic carbocycles. The van der Waals surface area contributed by atoms with Crippen molar-refractivity contribution < 1.29 is 0 Å². The molecule has 2 unspecified atom stereocenters. The van der Waals surface area contributed by atoms with Gasteiger partial charge < -0.3 is 5.32 Å². The van der Waals surface area contributed by atoms with E-state index >= 15 is 0 Å². The third-order valence-corrected chi connectivity index (χ3v) is 4.78. The van der Waals surface area contributed by atoms with Crippen molar-refractivity contribution >= 4 is 0 Å². The number of hydrogen-bond donors (Lipinski definition) is 1. The van der Waals surface area contributed by atoms with Gasteiger partial charge in [-0.1, -0.05) is 44.0 Å². The van der Waals surface area contributed by atoms with Crippen molar-refractivity contribution in [2.75, 3.05) is 0 Å². The summed E-state index contributed by atoms with van der Waals surface area (Å²) in [7, 11) is 0. The van der Waals surface area contributed by atoms with Crippen molar-refractivity contribution in [3.63, 3.8) is 0 Å². The van der Waals surface area contributed by atoms with Crippen LogP contribution in [0, 0.1) is 5.92 Å². The topological polar surface area (TPSA) is 12.0 Å². The first-order chi connectivity index (χ1) is 8.81. The molecule has 0 saturated heterocycles. The zero-order valence-corrected chi connectivity index (χ0v) is 11.5. The lowest BCUT2D eigenvalue weighted by molar-refractivity contribution is 0.394. The third-order valence-electron chi connectivity index (χ3n) is 4.78. The van der Waals surface area contributed by atoms with Crippen LogP contribution in [0.5, 0.6) is 0 Å². The van der Waals surface area contributed by atoms with Gasteiger partial charge in [0.05, 0.1) is 0 Å². The molecule has 1 heteroatoms. The maximum Gasteiger partial charge on any atom is 0.0151 e. The molecule has 1 aromatic rings. The maximum absolute atomic E-state index is 3.93. The quantitative estimate of drug-likeness (QED) is 0.781. The van der Waals surface area contributed by atoms with Crippen LogP contribution in [0.3, 0.4) is 0 Å². The minimum absolute atomic E-state index is 0.695. The molecule has 0 heterocycles. The lowest BCUT2D eigenvalue weighted by Gasteiger charge is -2.21. The van der Waals surface area contributed by atoms with Gasteiger partial charge in [-0.25, -0.2) is 0 Å². The normalized spacial score (nSPS) is 28.9. The van der Waals surface area contributed by atoms with Crippen LogP contribution in [0.4, 0.5) is 0 Å². The Balaban J connectivity index is 1.56. The molecular weight excluding hydrogens is 218 g/mol. The Kier molecular flexibility index (Phi) is 3.69. The van der Waals surface area contributed by atoms with E-state index in [-0.39, 0.29) is 0 Å². The largest absolute Gasteiger partial charge is 0.311 e. The molecule has 2 aliphatic carbocycles. The van der Waals surface area contributed by atoms with Crippen LogP contribution in [0.15, 0.2) is 24.3 Å². The second kappa shape index (κ2) is 5.44. The average Bonchev–Trinajstić information content (AvgIpc) is 2.66. The molecule has 0 bridgehead atoms. The third kappa shape index (κ3) is 2.77. The molecule has 0 aliphatic heterocycles. The van der Waals surface area contributed by atoms with Gasteiger partial charge in [-0.2, -0.15) is 0 Å². The Morgan fingerprint density at radius 2 is 1.61 bits per heavy atom. The van der Waals surface area contributed by atoms with Gasteiger partial charge >= 0.3 is 0 Å². The van der Waals surface area contributed by atoms with Crippen molar-refractivity contribution in [2.24, 2.45) is 5.92 Å². The SMILES string of the molecule is CC1CCCC(NC2Cc3ccccc3C2)CC1. The molecule has 1 saturated carbocycles. The Labute approximate surface area is 111 Å². The minimum Gasteiger partial charge on any atom is -0.311 e. The lowest BCUT2D eigenvalue weighted by Crippen LogP contribution is -2.38. The van der Waals surface area contributed by atoms with Crippen LogP contribution >= 0.6 is 0 Å². The van der Waals surface area contributed by atoms with Crippen LogP contribution in [-0.4, -0.2) is 12.1 Å². The molecule has 18 heavy (non-hydrogen) atoms. The van der Waals surface area contributed by atoms with Gasteiger partial charge in [-0.15, -0.1) is 0 Å². The highest BCUT2D eigenvalue weighted by atomic mass is 15.0. The summed E-state index contributed by atoms with van der Waals surface area (Å²) in [4.78, 5) is 0.